The lowest BCUT2D eigenvalue weighted by Gasteiger charge is -2.00. The second-order valence-corrected chi connectivity index (χ2v) is 3.90. The largest absolute Gasteiger partial charge is 0.370 e. The molecule has 0 heterocycles. The summed E-state index contributed by atoms with van der Waals surface area (Å²) in [5.74, 6) is 0.0557. The van der Waals surface area contributed by atoms with E-state index in [0.717, 1.165) is 0 Å². The lowest BCUT2D eigenvalue weighted by Crippen LogP contribution is -2.32. The minimum atomic E-state index is -3.43. The summed E-state index contributed by atoms with van der Waals surface area (Å²) in [6, 6.07) is 0. The monoisotopic (exact) mass is 194 g/mol. The van der Waals surface area contributed by atoms with Gasteiger partial charge in [0.1, 0.15) is 0 Å². The summed E-state index contributed by atoms with van der Waals surface area (Å²) >= 11 is 0. The molecule has 12 heavy (non-hydrogen) atoms. The molecule has 0 fully saturated rings. The second-order valence-electron chi connectivity index (χ2n) is 2.16. The second kappa shape index (κ2) is 4.94. The van der Waals surface area contributed by atoms with Gasteiger partial charge in [0.25, 0.3) is 0 Å². The smallest absolute Gasteiger partial charge is 0.210 e. The number of rotatable bonds is 4. The van der Waals surface area contributed by atoms with Crippen molar-refractivity contribution in [3.63, 3.8) is 0 Å². The van der Waals surface area contributed by atoms with E-state index >= 15 is 0 Å². The fourth-order valence-corrected chi connectivity index (χ4v) is 0.876. The van der Waals surface area contributed by atoms with Crippen LogP contribution < -0.4 is 16.2 Å². The van der Waals surface area contributed by atoms with Crippen LogP contribution in [0.3, 0.4) is 0 Å². The van der Waals surface area contributed by atoms with E-state index in [0.29, 0.717) is 6.54 Å². The number of nitrogens with one attached hydrogen (secondary N) is 1. The Hall–Kier alpha value is -0.820. The Bertz CT molecular complexity index is 246. The predicted molar refractivity (Wildman–Crippen MR) is 48.1 cm³/mol. The number of primary sulfonamides is 1. The Labute approximate surface area is 72.1 Å². The van der Waals surface area contributed by atoms with Crippen molar-refractivity contribution < 1.29 is 8.42 Å². The first-order valence-corrected chi connectivity index (χ1v) is 5.21. The van der Waals surface area contributed by atoms with E-state index in [1.165, 1.54) is 0 Å². The molecule has 0 spiro atoms. The molecular formula is C5H14N4O2S. The Morgan fingerprint density at radius 3 is 2.58 bits per heavy atom. The standard InChI is InChI=1S/C5H14N4O2S/c1-2-8-5(6)9-3-4-12(7,10)11/h2-4H2,1H3,(H3,6,8,9)(H2,7,10,11). The van der Waals surface area contributed by atoms with E-state index in [2.05, 4.69) is 10.3 Å². The lowest BCUT2D eigenvalue weighted by atomic mass is 10.7. The van der Waals surface area contributed by atoms with Crippen molar-refractivity contribution in [3.8, 4) is 0 Å². The lowest BCUT2D eigenvalue weighted by molar-refractivity contribution is 0.597. The molecule has 0 saturated heterocycles. The summed E-state index contributed by atoms with van der Waals surface area (Å²) in [6.45, 7) is 2.62. The molecule has 0 unspecified atom stereocenters. The maximum absolute atomic E-state index is 10.4. The summed E-state index contributed by atoms with van der Waals surface area (Å²) < 4.78 is 20.8. The summed E-state index contributed by atoms with van der Waals surface area (Å²) in [7, 11) is -3.43. The molecule has 0 radical (unpaired) electrons. The molecule has 0 aliphatic heterocycles. The fraction of sp³-hybridized carbons (Fsp3) is 0.800. The van der Waals surface area contributed by atoms with E-state index in [1.807, 2.05) is 6.92 Å². The Morgan fingerprint density at radius 1 is 1.58 bits per heavy atom. The zero-order valence-corrected chi connectivity index (χ0v) is 7.76. The number of hydrogen-bond donors (Lipinski definition) is 3. The minimum Gasteiger partial charge on any atom is -0.370 e. The van der Waals surface area contributed by atoms with Gasteiger partial charge in [0.2, 0.25) is 10.0 Å². The van der Waals surface area contributed by atoms with Gasteiger partial charge in [-0.3, -0.25) is 4.99 Å². The minimum absolute atomic E-state index is 0.0949. The summed E-state index contributed by atoms with van der Waals surface area (Å²) in [4.78, 5) is 3.72. The maximum Gasteiger partial charge on any atom is 0.210 e. The van der Waals surface area contributed by atoms with Crippen LogP contribution in [-0.2, 0) is 10.0 Å². The van der Waals surface area contributed by atoms with Crippen LogP contribution in [0.25, 0.3) is 0 Å². The van der Waals surface area contributed by atoms with Gasteiger partial charge in [0.15, 0.2) is 5.96 Å². The van der Waals surface area contributed by atoms with Crippen LogP contribution in [-0.4, -0.2) is 33.2 Å². The molecule has 0 aromatic heterocycles. The molecule has 72 valence electrons. The van der Waals surface area contributed by atoms with Crippen molar-refractivity contribution in [1.29, 1.82) is 0 Å². The molecule has 0 aromatic rings. The van der Waals surface area contributed by atoms with E-state index in [4.69, 9.17) is 10.9 Å². The Balaban J connectivity index is 3.75. The van der Waals surface area contributed by atoms with E-state index in [9.17, 15) is 8.42 Å². The third-order valence-electron chi connectivity index (χ3n) is 1.02. The van der Waals surface area contributed by atoms with Crippen LogP contribution in [0.2, 0.25) is 0 Å². The molecule has 0 saturated carbocycles. The van der Waals surface area contributed by atoms with Crippen LogP contribution in [0.1, 0.15) is 6.92 Å². The highest BCUT2D eigenvalue weighted by molar-refractivity contribution is 7.89. The normalized spacial score (nSPS) is 13.0. The number of aliphatic imine (C=N–C) groups is 1. The average Bonchev–Trinajstić information content (AvgIpc) is 1.84. The number of nitrogens with zero attached hydrogens (tertiary/aromatic N) is 1. The summed E-state index contributed by atoms with van der Waals surface area (Å²) in [5, 5.41) is 7.46. The highest BCUT2D eigenvalue weighted by Crippen LogP contribution is 1.78. The van der Waals surface area contributed by atoms with E-state index in [1.54, 1.807) is 0 Å². The number of sulfonamides is 1. The third kappa shape index (κ3) is 7.29. The zero-order valence-electron chi connectivity index (χ0n) is 6.95. The molecular weight excluding hydrogens is 180 g/mol. The molecule has 6 nitrogen and oxygen atoms in total. The van der Waals surface area contributed by atoms with Gasteiger partial charge in [-0.25, -0.2) is 13.6 Å². The quantitative estimate of drug-likeness (QED) is 0.362. The SMILES string of the molecule is CCNC(N)=NCCS(N)(=O)=O. The third-order valence-corrected chi connectivity index (χ3v) is 1.77. The topological polar surface area (TPSA) is 111 Å². The highest BCUT2D eigenvalue weighted by Gasteiger charge is 2.00. The van der Waals surface area contributed by atoms with Crippen LogP contribution in [0, 0.1) is 0 Å². The van der Waals surface area contributed by atoms with Gasteiger partial charge in [-0.05, 0) is 6.92 Å². The Morgan fingerprint density at radius 2 is 2.17 bits per heavy atom. The van der Waals surface area contributed by atoms with Crippen molar-refractivity contribution in [2.75, 3.05) is 18.8 Å². The number of hydrogen-bond acceptors (Lipinski definition) is 3. The van der Waals surface area contributed by atoms with Crippen LogP contribution in [0.15, 0.2) is 4.99 Å². The van der Waals surface area contributed by atoms with Crippen LogP contribution in [0.5, 0.6) is 0 Å². The van der Waals surface area contributed by atoms with Crippen molar-refractivity contribution in [3.05, 3.63) is 0 Å². The van der Waals surface area contributed by atoms with E-state index in [-0.39, 0.29) is 18.3 Å². The molecule has 0 amide bonds. The van der Waals surface area contributed by atoms with Crippen LogP contribution in [0.4, 0.5) is 0 Å². The molecule has 0 atom stereocenters. The zero-order chi connectivity index (χ0) is 9.61. The Kier molecular flexibility index (Phi) is 4.60. The predicted octanol–water partition coefficient (Wildman–Crippen LogP) is -1.80. The van der Waals surface area contributed by atoms with Gasteiger partial charge >= 0.3 is 0 Å². The molecule has 0 aliphatic rings. The van der Waals surface area contributed by atoms with Crippen molar-refractivity contribution in [1.82, 2.24) is 5.32 Å². The van der Waals surface area contributed by atoms with Crippen LogP contribution >= 0.6 is 0 Å². The molecule has 0 bridgehead atoms. The van der Waals surface area contributed by atoms with Gasteiger partial charge in [0, 0.05) is 6.54 Å². The fourth-order valence-electron chi connectivity index (χ4n) is 0.530. The highest BCUT2D eigenvalue weighted by atomic mass is 32.2. The maximum atomic E-state index is 10.4. The molecule has 7 heteroatoms. The number of guanidine groups is 1. The summed E-state index contributed by atoms with van der Waals surface area (Å²) in [5.41, 5.74) is 5.32. The molecule has 0 aromatic carbocycles. The van der Waals surface area contributed by atoms with Crippen molar-refractivity contribution in [2.24, 2.45) is 15.9 Å². The van der Waals surface area contributed by atoms with Gasteiger partial charge in [-0.15, -0.1) is 0 Å². The number of nitrogens with two attached hydrogens (primary N) is 2. The van der Waals surface area contributed by atoms with Crippen molar-refractivity contribution >= 4 is 16.0 Å². The average molecular weight is 194 g/mol. The van der Waals surface area contributed by atoms with Gasteiger partial charge in [-0.1, -0.05) is 0 Å². The summed E-state index contributed by atoms with van der Waals surface area (Å²) in [6.07, 6.45) is 0. The van der Waals surface area contributed by atoms with Gasteiger partial charge in [0.05, 0.1) is 12.3 Å². The van der Waals surface area contributed by atoms with Crippen molar-refractivity contribution in [2.45, 2.75) is 6.92 Å². The van der Waals surface area contributed by atoms with Gasteiger partial charge in [-0.2, -0.15) is 0 Å². The van der Waals surface area contributed by atoms with Gasteiger partial charge < -0.3 is 11.1 Å². The first-order valence-electron chi connectivity index (χ1n) is 3.50. The van der Waals surface area contributed by atoms with E-state index < -0.39 is 10.0 Å². The molecule has 0 rings (SSSR count). The first kappa shape index (κ1) is 11.2. The molecule has 0 aliphatic carbocycles. The first-order chi connectivity index (χ1) is 5.45. The molecule has 5 N–H and O–H groups in total.